The lowest BCUT2D eigenvalue weighted by Crippen LogP contribution is -2.14. The summed E-state index contributed by atoms with van der Waals surface area (Å²) >= 11 is 0. The van der Waals surface area contributed by atoms with E-state index in [1.54, 1.807) is 14.2 Å². The molecule has 0 aromatic heterocycles. The highest BCUT2D eigenvalue weighted by molar-refractivity contribution is 4.57. The highest BCUT2D eigenvalue weighted by atomic mass is 16.5. The van der Waals surface area contributed by atoms with Gasteiger partial charge >= 0.3 is 0 Å². The summed E-state index contributed by atoms with van der Waals surface area (Å²) in [4.78, 5) is 0. The van der Waals surface area contributed by atoms with Crippen molar-refractivity contribution >= 4 is 0 Å². The van der Waals surface area contributed by atoms with Crippen LogP contribution in [0.1, 0.15) is 38.5 Å². The zero-order chi connectivity index (χ0) is 12.2. The van der Waals surface area contributed by atoms with Gasteiger partial charge in [-0.05, 0) is 12.8 Å². The van der Waals surface area contributed by atoms with Crippen molar-refractivity contribution in [2.24, 2.45) is 0 Å². The largest absolute Gasteiger partial charge is 0.391 e. The molecule has 0 bridgehead atoms. The van der Waals surface area contributed by atoms with Crippen LogP contribution in [0.2, 0.25) is 0 Å². The predicted octanol–water partition coefficient (Wildman–Crippen LogP) is 1.34. The Labute approximate surface area is 98.6 Å². The van der Waals surface area contributed by atoms with E-state index in [1.165, 1.54) is 0 Å². The lowest BCUT2D eigenvalue weighted by Gasteiger charge is -2.10. The Bertz CT molecular complexity index is 125. The smallest absolute Gasteiger partial charge is 0.0773 e. The first-order chi connectivity index (χ1) is 7.70. The molecular weight excluding hydrogens is 208 g/mol. The minimum Gasteiger partial charge on any atom is -0.391 e. The van der Waals surface area contributed by atoms with Crippen molar-refractivity contribution in [3.8, 4) is 0 Å². The second-order valence-electron chi connectivity index (χ2n) is 4.21. The van der Waals surface area contributed by atoms with E-state index in [0.717, 1.165) is 38.5 Å². The first-order valence-corrected chi connectivity index (χ1v) is 6.04. The molecule has 0 saturated carbocycles. The van der Waals surface area contributed by atoms with Crippen molar-refractivity contribution in [1.29, 1.82) is 0 Å². The zero-order valence-corrected chi connectivity index (χ0v) is 10.5. The third-order valence-corrected chi connectivity index (χ3v) is 2.54. The first kappa shape index (κ1) is 15.8. The molecule has 98 valence electrons. The van der Waals surface area contributed by atoms with Gasteiger partial charge in [-0.15, -0.1) is 0 Å². The molecule has 2 atom stereocenters. The highest BCUT2D eigenvalue weighted by Crippen LogP contribution is 2.09. The first-order valence-electron chi connectivity index (χ1n) is 6.04. The number of methoxy groups -OCH3 is 2. The van der Waals surface area contributed by atoms with Crippen molar-refractivity contribution in [2.75, 3.05) is 27.4 Å². The van der Waals surface area contributed by atoms with Gasteiger partial charge in [0, 0.05) is 14.2 Å². The van der Waals surface area contributed by atoms with Gasteiger partial charge in [0.1, 0.15) is 0 Å². The third kappa shape index (κ3) is 10.4. The number of hydrogen-bond acceptors (Lipinski definition) is 4. The van der Waals surface area contributed by atoms with Crippen LogP contribution in [0.3, 0.4) is 0 Å². The van der Waals surface area contributed by atoms with Gasteiger partial charge in [0.2, 0.25) is 0 Å². The Morgan fingerprint density at radius 1 is 0.750 bits per heavy atom. The Hall–Kier alpha value is -0.160. The van der Waals surface area contributed by atoms with Crippen LogP contribution in [0.15, 0.2) is 0 Å². The predicted molar refractivity (Wildman–Crippen MR) is 63.5 cm³/mol. The maximum atomic E-state index is 9.38. The Morgan fingerprint density at radius 3 is 1.44 bits per heavy atom. The van der Waals surface area contributed by atoms with E-state index < -0.39 is 0 Å². The molecule has 0 amide bonds. The summed E-state index contributed by atoms with van der Waals surface area (Å²) in [6.07, 6.45) is 5.17. The van der Waals surface area contributed by atoms with E-state index in [4.69, 9.17) is 9.47 Å². The van der Waals surface area contributed by atoms with E-state index in [2.05, 4.69) is 0 Å². The van der Waals surface area contributed by atoms with E-state index in [9.17, 15) is 10.2 Å². The molecular formula is C12H26O4. The van der Waals surface area contributed by atoms with Crippen LogP contribution >= 0.6 is 0 Å². The molecule has 0 aromatic carbocycles. The normalized spacial score (nSPS) is 15.0. The number of hydrogen-bond donors (Lipinski definition) is 2. The van der Waals surface area contributed by atoms with Gasteiger partial charge in [0.05, 0.1) is 25.4 Å². The molecule has 0 spiro atoms. The van der Waals surface area contributed by atoms with Crippen molar-refractivity contribution in [2.45, 2.75) is 50.7 Å². The number of rotatable bonds is 11. The fourth-order valence-electron chi connectivity index (χ4n) is 1.66. The molecule has 0 radical (unpaired) electrons. The molecule has 0 fully saturated rings. The minimum atomic E-state index is -0.330. The average molecular weight is 234 g/mol. The number of aliphatic hydroxyl groups excluding tert-OH is 2. The monoisotopic (exact) mass is 234 g/mol. The van der Waals surface area contributed by atoms with Crippen molar-refractivity contribution in [3.05, 3.63) is 0 Å². The number of ether oxygens (including phenoxy) is 2. The van der Waals surface area contributed by atoms with Crippen LogP contribution in [-0.4, -0.2) is 49.9 Å². The summed E-state index contributed by atoms with van der Waals surface area (Å²) in [6.45, 7) is 0.846. The summed E-state index contributed by atoms with van der Waals surface area (Å²) in [5.74, 6) is 0. The second kappa shape index (κ2) is 11.3. The fraction of sp³-hybridized carbons (Fsp3) is 1.00. The fourth-order valence-corrected chi connectivity index (χ4v) is 1.66. The van der Waals surface area contributed by atoms with Gasteiger partial charge in [0.15, 0.2) is 0 Å². The third-order valence-electron chi connectivity index (χ3n) is 2.54. The van der Waals surface area contributed by atoms with E-state index >= 15 is 0 Å². The van der Waals surface area contributed by atoms with Crippen molar-refractivity contribution < 1.29 is 19.7 Å². The van der Waals surface area contributed by atoms with Gasteiger partial charge in [-0.25, -0.2) is 0 Å². The molecule has 4 nitrogen and oxygen atoms in total. The van der Waals surface area contributed by atoms with Crippen LogP contribution in [0.5, 0.6) is 0 Å². The minimum absolute atomic E-state index is 0.330. The Balaban J connectivity index is 3.15. The highest BCUT2D eigenvalue weighted by Gasteiger charge is 2.04. The summed E-state index contributed by atoms with van der Waals surface area (Å²) in [5.41, 5.74) is 0. The van der Waals surface area contributed by atoms with Crippen LogP contribution in [0, 0.1) is 0 Å². The van der Waals surface area contributed by atoms with Crippen LogP contribution in [0.25, 0.3) is 0 Å². The van der Waals surface area contributed by atoms with Gasteiger partial charge in [-0.1, -0.05) is 25.7 Å². The van der Waals surface area contributed by atoms with Gasteiger partial charge in [-0.2, -0.15) is 0 Å². The number of unbranched alkanes of at least 4 members (excludes halogenated alkanes) is 3. The molecule has 0 aliphatic rings. The molecule has 0 aliphatic heterocycles. The van der Waals surface area contributed by atoms with Gasteiger partial charge < -0.3 is 19.7 Å². The molecule has 2 N–H and O–H groups in total. The molecule has 0 saturated heterocycles. The lowest BCUT2D eigenvalue weighted by atomic mass is 10.1. The molecule has 2 unspecified atom stereocenters. The SMILES string of the molecule is COCC(O)CCCCCCC(O)COC. The van der Waals surface area contributed by atoms with E-state index in [0.29, 0.717) is 13.2 Å². The second-order valence-corrected chi connectivity index (χ2v) is 4.21. The maximum Gasteiger partial charge on any atom is 0.0773 e. The summed E-state index contributed by atoms with van der Waals surface area (Å²) < 4.78 is 9.69. The maximum absolute atomic E-state index is 9.38. The standard InChI is InChI=1S/C12H26O4/c1-15-9-11(13)7-5-3-4-6-8-12(14)10-16-2/h11-14H,3-10H2,1-2H3. The molecule has 0 rings (SSSR count). The summed E-state index contributed by atoms with van der Waals surface area (Å²) in [5, 5.41) is 18.8. The van der Waals surface area contributed by atoms with Gasteiger partial charge in [0.25, 0.3) is 0 Å². The lowest BCUT2D eigenvalue weighted by molar-refractivity contribution is 0.0550. The summed E-state index contributed by atoms with van der Waals surface area (Å²) in [7, 11) is 3.20. The molecule has 16 heavy (non-hydrogen) atoms. The molecule has 0 aliphatic carbocycles. The molecule has 0 heterocycles. The van der Waals surface area contributed by atoms with E-state index in [-0.39, 0.29) is 12.2 Å². The quantitative estimate of drug-likeness (QED) is 0.530. The Kier molecular flexibility index (Phi) is 11.2. The number of aliphatic hydroxyl groups is 2. The topological polar surface area (TPSA) is 58.9 Å². The van der Waals surface area contributed by atoms with Gasteiger partial charge in [-0.3, -0.25) is 0 Å². The molecule has 0 aromatic rings. The zero-order valence-electron chi connectivity index (χ0n) is 10.5. The van der Waals surface area contributed by atoms with E-state index in [1.807, 2.05) is 0 Å². The summed E-state index contributed by atoms with van der Waals surface area (Å²) in [6, 6.07) is 0. The van der Waals surface area contributed by atoms with Crippen LogP contribution < -0.4 is 0 Å². The van der Waals surface area contributed by atoms with Crippen LogP contribution in [0.4, 0.5) is 0 Å². The Morgan fingerprint density at radius 2 is 1.12 bits per heavy atom. The molecule has 4 heteroatoms. The van der Waals surface area contributed by atoms with Crippen LogP contribution in [-0.2, 0) is 9.47 Å². The van der Waals surface area contributed by atoms with Crippen molar-refractivity contribution in [1.82, 2.24) is 0 Å². The van der Waals surface area contributed by atoms with Crippen molar-refractivity contribution in [3.63, 3.8) is 0 Å². The average Bonchev–Trinajstić information content (AvgIpc) is 2.24.